The van der Waals surface area contributed by atoms with Crippen LogP contribution in [0.25, 0.3) is 0 Å². The second-order valence-electron chi connectivity index (χ2n) is 4.36. The molecule has 0 rings (SSSR count). The molecule has 0 atom stereocenters. The van der Waals surface area contributed by atoms with E-state index >= 15 is 0 Å². The smallest absolute Gasteiger partial charge is 0.310 e. The van der Waals surface area contributed by atoms with E-state index in [1.807, 2.05) is 0 Å². The van der Waals surface area contributed by atoms with Crippen LogP contribution in [0.4, 0.5) is 0 Å². The number of ether oxygens (including phenoxy) is 1. The van der Waals surface area contributed by atoms with Crippen molar-refractivity contribution < 1.29 is 9.53 Å². The summed E-state index contributed by atoms with van der Waals surface area (Å²) in [5.41, 5.74) is 0. The molecular formula is C13H24O2. The summed E-state index contributed by atoms with van der Waals surface area (Å²) in [5.74, 6) is 0.653. The van der Waals surface area contributed by atoms with Crippen LogP contribution in [0.2, 0.25) is 0 Å². The van der Waals surface area contributed by atoms with Crippen molar-refractivity contribution in [3.63, 3.8) is 0 Å². The monoisotopic (exact) mass is 212 g/mol. The molecule has 0 aliphatic carbocycles. The van der Waals surface area contributed by atoms with Crippen LogP contribution >= 0.6 is 0 Å². The van der Waals surface area contributed by atoms with Gasteiger partial charge in [0.2, 0.25) is 0 Å². The van der Waals surface area contributed by atoms with E-state index in [1.165, 1.54) is 31.9 Å². The zero-order valence-corrected chi connectivity index (χ0v) is 10.1. The van der Waals surface area contributed by atoms with Crippen molar-refractivity contribution >= 4 is 5.97 Å². The zero-order chi connectivity index (χ0) is 11.5. The first-order valence-electron chi connectivity index (χ1n) is 5.97. The molecule has 0 aromatic rings. The molecule has 2 heteroatoms. The van der Waals surface area contributed by atoms with Gasteiger partial charge in [-0.15, -0.1) is 0 Å². The van der Waals surface area contributed by atoms with Crippen LogP contribution in [-0.2, 0) is 9.53 Å². The predicted molar refractivity (Wildman–Crippen MR) is 63.4 cm³/mol. The van der Waals surface area contributed by atoms with E-state index in [0.29, 0.717) is 6.42 Å². The van der Waals surface area contributed by atoms with Gasteiger partial charge in [0.15, 0.2) is 0 Å². The van der Waals surface area contributed by atoms with Crippen molar-refractivity contribution in [1.29, 1.82) is 0 Å². The third-order valence-electron chi connectivity index (χ3n) is 2.38. The normalized spacial score (nSPS) is 10.3. The third kappa shape index (κ3) is 11.1. The Hall–Kier alpha value is -0.790. The summed E-state index contributed by atoms with van der Waals surface area (Å²) >= 11 is 0. The van der Waals surface area contributed by atoms with Gasteiger partial charge in [0, 0.05) is 6.42 Å². The third-order valence-corrected chi connectivity index (χ3v) is 2.38. The highest BCUT2D eigenvalue weighted by atomic mass is 16.5. The Morgan fingerprint density at radius 3 is 2.40 bits per heavy atom. The van der Waals surface area contributed by atoms with Gasteiger partial charge in [-0.1, -0.05) is 52.5 Å². The molecule has 0 radical (unpaired) electrons. The fraction of sp³-hybridized carbons (Fsp3) is 0.769. The summed E-state index contributed by atoms with van der Waals surface area (Å²) in [6.45, 7) is 7.85. The summed E-state index contributed by atoms with van der Waals surface area (Å²) in [6, 6.07) is 0. The Morgan fingerprint density at radius 2 is 1.80 bits per heavy atom. The molecule has 15 heavy (non-hydrogen) atoms. The van der Waals surface area contributed by atoms with Gasteiger partial charge >= 0.3 is 5.97 Å². The van der Waals surface area contributed by atoms with E-state index in [-0.39, 0.29) is 5.97 Å². The maximum Gasteiger partial charge on any atom is 0.310 e. The van der Waals surface area contributed by atoms with Gasteiger partial charge in [-0.2, -0.15) is 0 Å². The lowest BCUT2D eigenvalue weighted by Gasteiger charge is -2.03. The number of unbranched alkanes of at least 4 members (excludes halogenated alkanes) is 4. The molecule has 0 unspecified atom stereocenters. The Morgan fingerprint density at radius 1 is 1.20 bits per heavy atom. The van der Waals surface area contributed by atoms with Crippen molar-refractivity contribution in [3.05, 3.63) is 12.8 Å². The lowest BCUT2D eigenvalue weighted by atomic mass is 10.0. The minimum atomic E-state index is -0.160. The van der Waals surface area contributed by atoms with Gasteiger partial charge in [-0.25, -0.2) is 0 Å². The number of carbonyl (C=O) groups is 1. The van der Waals surface area contributed by atoms with Crippen molar-refractivity contribution in [3.8, 4) is 0 Å². The molecule has 88 valence electrons. The van der Waals surface area contributed by atoms with E-state index in [1.54, 1.807) is 0 Å². The van der Waals surface area contributed by atoms with E-state index in [4.69, 9.17) is 0 Å². The van der Waals surface area contributed by atoms with Crippen LogP contribution < -0.4 is 0 Å². The minimum absolute atomic E-state index is 0.160. The summed E-state index contributed by atoms with van der Waals surface area (Å²) in [4.78, 5) is 10.9. The highest BCUT2D eigenvalue weighted by molar-refractivity contribution is 5.69. The lowest BCUT2D eigenvalue weighted by molar-refractivity contribution is -0.138. The molecule has 0 bridgehead atoms. The molecule has 0 spiro atoms. The van der Waals surface area contributed by atoms with Crippen LogP contribution in [0.1, 0.15) is 58.8 Å². The maximum atomic E-state index is 10.9. The number of hydrogen-bond acceptors (Lipinski definition) is 2. The molecule has 0 aliphatic rings. The second-order valence-corrected chi connectivity index (χ2v) is 4.36. The van der Waals surface area contributed by atoms with E-state index in [2.05, 4.69) is 25.2 Å². The molecule has 0 amide bonds. The molecule has 2 nitrogen and oxygen atoms in total. The molecule has 0 heterocycles. The van der Waals surface area contributed by atoms with Crippen molar-refractivity contribution in [1.82, 2.24) is 0 Å². The van der Waals surface area contributed by atoms with Gasteiger partial charge in [0.1, 0.15) is 0 Å². The van der Waals surface area contributed by atoms with Gasteiger partial charge in [0.25, 0.3) is 0 Å². The minimum Gasteiger partial charge on any atom is -0.435 e. The zero-order valence-electron chi connectivity index (χ0n) is 10.1. The first-order chi connectivity index (χ1) is 7.16. The van der Waals surface area contributed by atoms with Crippen LogP contribution in [0.3, 0.4) is 0 Å². The molecule has 0 aliphatic heterocycles. The molecule has 0 saturated carbocycles. The number of carbonyl (C=O) groups excluding carboxylic acids is 1. The van der Waals surface area contributed by atoms with Crippen LogP contribution in [0.5, 0.6) is 0 Å². The molecular weight excluding hydrogens is 188 g/mol. The quantitative estimate of drug-likeness (QED) is 0.327. The van der Waals surface area contributed by atoms with Crippen molar-refractivity contribution in [2.75, 3.05) is 0 Å². The van der Waals surface area contributed by atoms with Gasteiger partial charge in [0.05, 0.1) is 6.26 Å². The molecule has 0 aromatic heterocycles. The largest absolute Gasteiger partial charge is 0.435 e. The van der Waals surface area contributed by atoms with E-state index in [0.717, 1.165) is 18.8 Å². The fourth-order valence-electron chi connectivity index (χ4n) is 1.50. The van der Waals surface area contributed by atoms with Crippen molar-refractivity contribution in [2.45, 2.75) is 58.8 Å². The highest BCUT2D eigenvalue weighted by Gasteiger charge is 2.00. The second kappa shape index (κ2) is 9.75. The van der Waals surface area contributed by atoms with Gasteiger partial charge in [-0.3, -0.25) is 4.79 Å². The van der Waals surface area contributed by atoms with E-state index in [9.17, 15) is 4.79 Å². The summed E-state index contributed by atoms with van der Waals surface area (Å²) in [7, 11) is 0. The standard InChI is InChI=1S/C13H24O2/c1-4-15-13(14)11-9-7-5-6-8-10-12(2)3/h4,12H,1,5-11H2,2-3H3. The van der Waals surface area contributed by atoms with Crippen LogP contribution in [0.15, 0.2) is 12.8 Å². The fourth-order valence-corrected chi connectivity index (χ4v) is 1.50. The lowest BCUT2D eigenvalue weighted by Crippen LogP contribution is -1.98. The first kappa shape index (κ1) is 14.2. The van der Waals surface area contributed by atoms with Crippen LogP contribution in [0, 0.1) is 5.92 Å². The van der Waals surface area contributed by atoms with Gasteiger partial charge in [-0.05, 0) is 12.3 Å². The SMILES string of the molecule is C=COC(=O)CCCCCCCC(C)C. The average Bonchev–Trinajstić information content (AvgIpc) is 2.16. The predicted octanol–water partition coefficient (Wildman–Crippen LogP) is 4.06. The van der Waals surface area contributed by atoms with Gasteiger partial charge < -0.3 is 4.74 Å². The molecule has 0 saturated heterocycles. The highest BCUT2D eigenvalue weighted by Crippen LogP contribution is 2.11. The summed E-state index contributed by atoms with van der Waals surface area (Å²) in [5, 5.41) is 0. The Bertz CT molecular complexity index is 173. The average molecular weight is 212 g/mol. The van der Waals surface area contributed by atoms with E-state index < -0.39 is 0 Å². The Balaban J connectivity index is 3.11. The molecule has 0 N–H and O–H groups in total. The number of esters is 1. The summed E-state index contributed by atoms with van der Waals surface area (Å²) < 4.78 is 4.63. The topological polar surface area (TPSA) is 26.3 Å². The first-order valence-corrected chi connectivity index (χ1v) is 5.97. The van der Waals surface area contributed by atoms with Crippen LogP contribution in [-0.4, -0.2) is 5.97 Å². The Kier molecular flexibility index (Phi) is 9.24. The number of hydrogen-bond donors (Lipinski definition) is 0. The molecule has 0 aromatic carbocycles. The summed E-state index contributed by atoms with van der Waals surface area (Å²) in [6.07, 6.45) is 8.94. The van der Waals surface area contributed by atoms with Crippen molar-refractivity contribution in [2.24, 2.45) is 5.92 Å². The number of rotatable bonds is 9. The maximum absolute atomic E-state index is 10.9. The Labute approximate surface area is 93.7 Å². The molecule has 0 fully saturated rings.